The molecule has 0 fully saturated rings. The molecular weight excluding hydrogens is 142 g/mol. The van der Waals surface area contributed by atoms with E-state index in [0.717, 1.165) is 5.69 Å². The van der Waals surface area contributed by atoms with Crippen LogP contribution in [0.15, 0.2) is 6.20 Å². The average Bonchev–Trinajstić information content (AvgIpc) is 2.32. The molecule has 0 aliphatic rings. The molecule has 1 N–H and O–H groups in total. The number of hydrogen-bond acceptors (Lipinski definition) is 3. The molecule has 0 aromatic carbocycles. The van der Waals surface area contributed by atoms with Gasteiger partial charge in [-0.1, -0.05) is 0 Å². The number of hydrogen-bond donors (Lipinski definition) is 1. The average molecular weight is 151 g/mol. The molecule has 1 unspecified atom stereocenters. The summed E-state index contributed by atoms with van der Waals surface area (Å²) in [5, 5.41) is 21.4. The Morgan fingerprint density at radius 3 is 2.82 bits per heavy atom. The molecule has 0 aliphatic carbocycles. The SMILES string of the molecule is Cc1c(C(O)C#N)cnn1C. The molecule has 0 saturated carbocycles. The van der Waals surface area contributed by atoms with Gasteiger partial charge in [0.1, 0.15) is 0 Å². The molecule has 4 heteroatoms. The summed E-state index contributed by atoms with van der Waals surface area (Å²) in [6.45, 7) is 1.81. The Balaban J connectivity index is 3.07. The zero-order valence-corrected chi connectivity index (χ0v) is 6.44. The van der Waals surface area contributed by atoms with E-state index in [4.69, 9.17) is 10.4 Å². The summed E-state index contributed by atoms with van der Waals surface area (Å²) in [5.74, 6) is 0. The van der Waals surface area contributed by atoms with Gasteiger partial charge in [0.15, 0.2) is 6.10 Å². The van der Waals surface area contributed by atoms with Crippen LogP contribution in [0.1, 0.15) is 17.4 Å². The number of rotatable bonds is 1. The smallest absolute Gasteiger partial charge is 0.169 e. The molecule has 4 nitrogen and oxygen atoms in total. The summed E-state index contributed by atoms with van der Waals surface area (Å²) in [7, 11) is 1.77. The number of aromatic nitrogens is 2. The van der Waals surface area contributed by atoms with Crippen LogP contribution in [-0.4, -0.2) is 14.9 Å². The van der Waals surface area contributed by atoms with Gasteiger partial charge < -0.3 is 5.11 Å². The van der Waals surface area contributed by atoms with E-state index in [1.807, 2.05) is 6.92 Å². The molecule has 0 aliphatic heterocycles. The highest BCUT2D eigenvalue weighted by Crippen LogP contribution is 2.14. The lowest BCUT2D eigenvalue weighted by Crippen LogP contribution is -1.97. The normalized spacial score (nSPS) is 12.5. The number of nitrogens with zero attached hydrogens (tertiary/aromatic N) is 3. The van der Waals surface area contributed by atoms with Crippen LogP contribution in [0.3, 0.4) is 0 Å². The van der Waals surface area contributed by atoms with Crippen molar-refractivity contribution in [2.75, 3.05) is 0 Å². The second kappa shape index (κ2) is 2.72. The van der Waals surface area contributed by atoms with Crippen LogP contribution in [0.4, 0.5) is 0 Å². The predicted octanol–water partition coefficient (Wildman–Crippen LogP) is 0.286. The van der Waals surface area contributed by atoms with Gasteiger partial charge in [0.2, 0.25) is 0 Å². The minimum Gasteiger partial charge on any atom is -0.374 e. The van der Waals surface area contributed by atoms with Crippen molar-refractivity contribution in [2.24, 2.45) is 7.05 Å². The topological polar surface area (TPSA) is 61.8 Å². The maximum atomic E-state index is 9.11. The molecule has 0 saturated heterocycles. The van der Waals surface area contributed by atoms with Gasteiger partial charge in [0.05, 0.1) is 12.3 Å². The zero-order chi connectivity index (χ0) is 8.43. The highest BCUT2D eigenvalue weighted by atomic mass is 16.3. The standard InChI is InChI=1S/C7H9N3O/c1-5-6(7(11)3-8)4-9-10(5)2/h4,7,11H,1-2H3. The van der Waals surface area contributed by atoms with E-state index in [9.17, 15) is 0 Å². The third-order valence-corrected chi connectivity index (χ3v) is 1.69. The fourth-order valence-corrected chi connectivity index (χ4v) is 0.854. The Morgan fingerprint density at radius 1 is 1.82 bits per heavy atom. The van der Waals surface area contributed by atoms with Crippen LogP contribution in [0, 0.1) is 18.3 Å². The first-order valence-corrected chi connectivity index (χ1v) is 3.23. The van der Waals surface area contributed by atoms with Crippen molar-refractivity contribution >= 4 is 0 Å². The number of aryl methyl sites for hydroxylation is 1. The van der Waals surface area contributed by atoms with Crippen LogP contribution in [0.2, 0.25) is 0 Å². The summed E-state index contributed by atoms with van der Waals surface area (Å²) in [6.07, 6.45) is 0.451. The minimum atomic E-state index is -1.05. The summed E-state index contributed by atoms with van der Waals surface area (Å²) < 4.78 is 1.62. The van der Waals surface area contributed by atoms with Crippen LogP contribution >= 0.6 is 0 Å². The van der Waals surface area contributed by atoms with Gasteiger partial charge in [0.25, 0.3) is 0 Å². The van der Waals surface area contributed by atoms with E-state index < -0.39 is 6.10 Å². The van der Waals surface area contributed by atoms with Crippen LogP contribution in [0.25, 0.3) is 0 Å². The minimum absolute atomic E-state index is 0.579. The van der Waals surface area contributed by atoms with Crippen molar-refractivity contribution in [2.45, 2.75) is 13.0 Å². The maximum absolute atomic E-state index is 9.11. The first-order chi connectivity index (χ1) is 5.16. The van der Waals surface area contributed by atoms with Crippen molar-refractivity contribution in [3.63, 3.8) is 0 Å². The first kappa shape index (κ1) is 7.76. The molecule has 1 aromatic rings. The van der Waals surface area contributed by atoms with E-state index in [-0.39, 0.29) is 0 Å². The third kappa shape index (κ3) is 1.23. The van der Waals surface area contributed by atoms with Gasteiger partial charge in [-0.2, -0.15) is 10.4 Å². The van der Waals surface area contributed by atoms with E-state index >= 15 is 0 Å². The molecule has 11 heavy (non-hydrogen) atoms. The Hall–Kier alpha value is -1.34. The van der Waals surface area contributed by atoms with E-state index in [1.165, 1.54) is 6.20 Å². The van der Waals surface area contributed by atoms with Gasteiger partial charge >= 0.3 is 0 Å². The first-order valence-electron chi connectivity index (χ1n) is 3.23. The molecule has 58 valence electrons. The largest absolute Gasteiger partial charge is 0.374 e. The van der Waals surface area contributed by atoms with E-state index in [0.29, 0.717) is 5.56 Å². The Kier molecular flexibility index (Phi) is 1.92. The number of nitriles is 1. The molecule has 1 aromatic heterocycles. The van der Waals surface area contributed by atoms with Gasteiger partial charge in [-0.3, -0.25) is 4.68 Å². The maximum Gasteiger partial charge on any atom is 0.169 e. The van der Waals surface area contributed by atoms with Crippen molar-refractivity contribution in [1.29, 1.82) is 5.26 Å². The fourth-order valence-electron chi connectivity index (χ4n) is 0.854. The summed E-state index contributed by atoms with van der Waals surface area (Å²) in [6, 6.07) is 1.74. The molecule has 1 rings (SSSR count). The quantitative estimate of drug-likeness (QED) is 0.586. The summed E-state index contributed by atoms with van der Waals surface area (Å²) >= 11 is 0. The lowest BCUT2D eigenvalue weighted by Gasteiger charge is -1.99. The Morgan fingerprint density at radius 2 is 2.45 bits per heavy atom. The van der Waals surface area contributed by atoms with Crippen molar-refractivity contribution in [3.8, 4) is 6.07 Å². The number of aliphatic hydroxyl groups excluding tert-OH is 1. The van der Waals surface area contributed by atoms with Gasteiger partial charge in [-0.25, -0.2) is 0 Å². The molecule has 1 heterocycles. The summed E-state index contributed by atoms with van der Waals surface area (Å²) in [4.78, 5) is 0. The van der Waals surface area contributed by atoms with Gasteiger partial charge in [-0.15, -0.1) is 0 Å². The summed E-state index contributed by atoms with van der Waals surface area (Å²) in [5.41, 5.74) is 1.40. The van der Waals surface area contributed by atoms with Crippen molar-refractivity contribution in [1.82, 2.24) is 9.78 Å². The fraction of sp³-hybridized carbons (Fsp3) is 0.429. The van der Waals surface area contributed by atoms with Crippen LogP contribution in [0.5, 0.6) is 0 Å². The lowest BCUT2D eigenvalue weighted by molar-refractivity contribution is 0.235. The Bertz CT molecular complexity index is 297. The lowest BCUT2D eigenvalue weighted by atomic mass is 10.2. The van der Waals surface area contributed by atoms with Crippen LogP contribution in [-0.2, 0) is 7.05 Å². The van der Waals surface area contributed by atoms with E-state index in [1.54, 1.807) is 17.8 Å². The highest BCUT2D eigenvalue weighted by Gasteiger charge is 2.11. The van der Waals surface area contributed by atoms with Gasteiger partial charge in [-0.05, 0) is 6.92 Å². The molecule has 1 atom stereocenters. The third-order valence-electron chi connectivity index (χ3n) is 1.69. The predicted molar refractivity (Wildman–Crippen MR) is 38.5 cm³/mol. The highest BCUT2D eigenvalue weighted by molar-refractivity contribution is 5.23. The van der Waals surface area contributed by atoms with Crippen LogP contribution < -0.4 is 0 Å². The Labute approximate surface area is 64.7 Å². The molecule has 0 radical (unpaired) electrons. The van der Waals surface area contributed by atoms with Crippen molar-refractivity contribution in [3.05, 3.63) is 17.5 Å². The van der Waals surface area contributed by atoms with Gasteiger partial charge in [0, 0.05) is 18.3 Å². The molecule has 0 bridgehead atoms. The zero-order valence-electron chi connectivity index (χ0n) is 6.44. The van der Waals surface area contributed by atoms with Crippen molar-refractivity contribution < 1.29 is 5.11 Å². The second-order valence-electron chi connectivity index (χ2n) is 2.34. The molecule has 0 spiro atoms. The number of aliphatic hydroxyl groups is 1. The second-order valence-corrected chi connectivity index (χ2v) is 2.34. The molecular formula is C7H9N3O. The monoisotopic (exact) mass is 151 g/mol. The van der Waals surface area contributed by atoms with E-state index in [2.05, 4.69) is 5.10 Å². The molecule has 0 amide bonds.